The number of piperidine rings is 1. The van der Waals surface area contributed by atoms with Gasteiger partial charge in [0.05, 0.1) is 12.1 Å². The topological polar surface area (TPSA) is 92.9 Å². The van der Waals surface area contributed by atoms with Gasteiger partial charge in [-0.15, -0.1) is 0 Å². The Morgan fingerprint density at radius 1 is 1.47 bits per heavy atom. The Labute approximate surface area is 101 Å². The number of carbonyl (C=O) groups excluding carboxylic acids is 1. The van der Waals surface area contributed by atoms with Crippen LogP contribution in [0.3, 0.4) is 0 Å². The SMILES string of the molecule is CCC(C(N)=O)N1CCC(OCC(=O)O)CC1. The molecule has 0 aromatic carbocycles. The van der Waals surface area contributed by atoms with Gasteiger partial charge in [-0.05, 0) is 19.3 Å². The Kier molecular flexibility index (Phi) is 5.37. The molecule has 1 aliphatic rings. The van der Waals surface area contributed by atoms with Crippen molar-refractivity contribution in [3.05, 3.63) is 0 Å². The molecular formula is C11H20N2O4. The number of hydrogen-bond donors (Lipinski definition) is 2. The molecule has 1 rings (SSSR count). The Morgan fingerprint density at radius 3 is 2.47 bits per heavy atom. The van der Waals surface area contributed by atoms with Crippen LogP contribution in [0.2, 0.25) is 0 Å². The van der Waals surface area contributed by atoms with Crippen molar-refractivity contribution in [2.45, 2.75) is 38.3 Å². The van der Waals surface area contributed by atoms with Crippen LogP contribution < -0.4 is 5.73 Å². The Hall–Kier alpha value is -1.14. The molecule has 3 N–H and O–H groups in total. The van der Waals surface area contributed by atoms with E-state index < -0.39 is 5.97 Å². The third-order valence-corrected chi connectivity index (χ3v) is 3.07. The molecular weight excluding hydrogens is 224 g/mol. The Morgan fingerprint density at radius 2 is 2.06 bits per heavy atom. The summed E-state index contributed by atoms with van der Waals surface area (Å²) in [5.74, 6) is -1.24. The largest absolute Gasteiger partial charge is 0.480 e. The number of primary amides is 1. The number of hydrogen-bond acceptors (Lipinski definition) is 4. The lowest BCUT2D eigenvalue weighted by Gasteiger charge is -2.35. The van der Waals surface area contributed by atoms with Crippen molar-refractivity contribution < 1.29 is 19.4 Å². The maximum absolute atomic E-state index is 11.2. The number of nitrogens with two attached hydrogens (primary N) is 1. The fourth-order valence-electron chi connectivity index (χ4n) is 2.18. The van der Waals surface area contributed by atoms with E-state index in [1.54, 1.807) is 0 Å². The number of aliphatic carboxylic acids is 1. The standard InChI is InChI=1S/C11H20N2O4/c1-2-9(11(12)16)13-5-3-8(4-6-13)17-7-10(14)15/h8-9H,2-7H2,1H3,(H2,12,16)(H,14,15). The first-order valence-electron chi connectivity index (χ1n) is 5.91. The first-order chi connectivity index (χ1) is 8.04. The van der Waals surface area contributed by atoms with Gasteiger partial charge in [-0.2, -0.15) is 0 Å². The van der Waals surface area contributed by atoms with Gasteiger partial charge in [-0.3, -0.25) is 9.69 Å². The number of carboxylic acid groups (broad SMARTS) is 1. The van der Waals surface area contributed by atoms with Crippen LogP contribution in [0, 0.1) is 0 Å². The fourth-order valence-corrected chi connectivity index (χ4v) is 2.18. The predicted octanol–water partition coefficient (Wildman–Crippen LogP) is -0.184. The predicted molar refractivity (Wildman–Crippen MR) is 61.5 cm³/mol. The normalized spacial score (nSPS) is 20.1. The van der Waals surface area contributed by atoms with Crippen molar-refractivity contribution in [2.75, 3.05) is 19.7 Å². The average molecular weight is 244 g/mol. The summed E-state index contributed by atoms with van der Waals surface area (Å²) < 4.78 is 5.22. The van der Waals surface area contributed by atoms with Crippen LogP contribution in [0.1, 0.15) is 26.2 Å². The molecule has 1 unspecified atom stereocenters. The lowest BCUT2D eigenvalue weighted by Crippen LogP contribution is -2.49. The molecule has 1 fully saturated rings. The summed E-state index contributed by atoms with van der Waals surface area (Å²) in [6.45, 7) is 3.14. The van der Waals surface area contributed by atoms with Crippen molar-refractivity contribution in [1.29, 1.82) is 0 Å². The number of carbonyl (C=O) groups is 2. The molecule has 0 saturated carbocycles. The van der Waals surface area contributed by atoms with E-state index in [0.29, 0.717) is 6.42 Å². The molecule has 98 valence electrons. The van der Waals surface area contributed by atoms with Gasteiger partial charge in [0.1, 0.15) is 6.61 Å². The van der Waals surface area contributed by atoms with Crippen LogP contribution in [0.5, 0.6) is 0 Å². The van der Waals surface area contributed by atoms with E-state index in [1.807, 2.05) is 11.8 Å². The van der Waals surface area contributed by atoms with E-state index >= 15 is 0 Å². The Balaban J connectivity index is 2.34. The summed E-state index contributed by atoms with van der Waals surface area (Å²) in [4.78, 5) is 23.6. The van der Waals surface area contributed by atoms with Crippen molar-refractivity contribution in [1.82, 2.24) is 4.90 Å². The molecule has 1 saturated heterocycles. The van der Waals surface area contributed by atoms with E-state index in [0.717, 1.165) is 25.9 Å². The molecule has 0 radical (unpaired) electrons. The summed E-state index contributed by atoms with van der Waals surface area (Å²) in [6, 6.07) is -0.213. The van der Waals surface area contributed by atoms with Crippen LogP contribution >= 0.6 is 0 Å². The molecule has 1 aliphatic heterocycles. The number of nitrogens with zero attached hydrogens (tertiary/aromatic N) is 1. The van der Waals surface area contributed by atoms with E-state index in [1.165, 1.54) is 0 Å². The lowest BCUT2D eigenvalue weighted by atomic mass is 10.0. The molecule has 6 heteroatoms. The summed E-state index contributed by atoms with van der Waals surface area (Å²) in [5, 5.41) is 8.50. The monoisotopic (exact) mass is 244 g/mol. The Bertz CT molecular complexity index is 275. The maximum Gasteiger partial charge on any atom is 0.329 e. The van der Waals surface area contributed by atoms with Gasteiger partial charge in [-0.1, -0.05) is 6.92 Å². The van der Waals surface area contributed by atoms with Gasteiger partial charge < -0.3 is 15.6 Å². The highest BCUT2D eigenvalue weighted by atomic mass is 16.5. The average Bonchev–Trinajstić information content (AvgIpc) is 2.28. The summed E-state index contributed by atoms with van der Waals surface area (Å²) in [7, 11) is 0. The second-order valence-electron chi connectivity index (χ2n) is 4.27. The van der Waals surface area contributed by atoms with Crippen LogP contribution in [-0.4, -0.2) is 53.7 Å². The molecule has 1 atom stereocenters. The van der Waals surface area contributed by atoms with Gasteiger partial charge in [0.25, 0.3) is 0 Å². The quantitative estimate of drug-likeness (QED) is 0.676. The number of likely N-dealkylation sites (tertiary alicyclic amines) is 1. The van der Waals surface area contributed by atoms with E-state index in [4.69, 9.17) is 15.6 Å². The maximum atomic E-state index is 11.2. The second-order valence-corrected chi connectivity index (χ2v) is 4.27. The third-order valence-electron chi connectivity index (χ3n) is 3.07. The molecule has 1 heterocycles. The molecule has 17 heavy (non-hydrogen) atoms. The molecule has 0 aromatic rings. The number of rotatable bonds is 6. The second kappa shape index (κ2) is 6.56. The number of ether oxygens (including phenoxy) is 1. The highest BCUT2D eigenvalue weighted by molar-refractivity contribution is 5.79. The van der Waals surface area contributed by atoms with Crippen LogP contribution in [0.15, 0.2) is 0 Å². The third kappa shape index (κ3) is 4.32. The zero-order valence-electron chi connectivity index (χ0n) is 10.1. The van der Waals surface area contributed by atoms with Crippen molar-refractivity contribution in [3.8, 4) is 0 Å². The van der Waals surface area contributed by atoms with Crippen molar-refractivity contribution in [3.63, 3.8) is 0 Å². The molecule has 0 bridgehead atoms. The summed E-state index contributed by atoms with van der Waals surface area (Å²) in [5.41, 5.74) is 5.32. The van der Waals surface area contributed by atoms with Gasteiger partial charge in [-0.25, -0.2) is 4.79 Å². The van der Waals surface area contributed by atoms with Gasteiger partial charge in [0.2, 0.25) is 5.91 Å². The van der Waals surface area contributed by atoms with Gasteiger partial charge in [0, 0.05) is 13.1 Å². The van der Waals surface area contributed by atoms with Gasteiger partial charge in [0.15, 0.2) is 0 Å². The highest BCUT2D eigenvalue weighted by Gasteiger charge is 2.27. The summed E-state index contributed by atoms with van der Waals surface area (Å²) >= 11 is 0. The van der Waals surface area contributed by atoms with Crippen LogP contribution in [0.25, 0.3) is 0 Å². The minimum absolute atomic E-state index is 0.0206. The van der Waals surface area contributed by atoms with Crippen molar-refractivity contribution in [2.24, 2.45) is 5.73 Å². The minimum atomic E-state index is -0.948. The lowest BCUT2D eigenvalue weighted by molar-refractivity contribution is -0.145. The summed E-state index contributed by atoms with van der Waals surface area (Å²) in [6.07, 6.45) is 2.18. The zero-order chi connectivity index (χ0) is 12.8. The van der Waals surface area contributed by atoms with E-state index in [9.17, 15) is 9.59 Å². The van der Waals surface area contributed by atoms with E-state index in [-0.39, 0.29) is 24.7 Å². The molecule has 1 amide bonds. The highest BCUT2D eigenvalue weighted by Crippen LogP contribution is 2.17. The molecule has 6 nitrogen and oxygen atoms in total. The van der Waals surface area contributed by atoms with E-state index in [2.05, 4.69) is 0 Å². The molecule has 0 spiro atoms. The molecule has 0 aromatic heterocycles. The number of amides is 1. The number of carboxylic acids is 1. The minimum Gasteiger partial charge on any atom is -0.480 e. The van der Waals surface area contributed by atoms with Crippen LogP contribution in [0.4, 0.5) is 0 Å². The van der Waals surface area contributed by atoms with Crippen LogP contribution in [-0.2, 0) is 14.3 Å². The first-order valence-corrected chi connectivity index (χ1v) is 5.91. The fraction of sp³-hybridized carbons (Fsp3) is 0.818. The smallest absolute Gasteiger partial charge is 0.329 e. The van der Waals surface area contributed by atoms with Gasteiger partial charge >= 0.3 is 5.97 Å². The zero-order valence-corrected chi connectivity index (χ0v) is 10.1. The first kappa shape index (κ1) is 13.9. The van der Waals surface area contributed by atoms with Crippen molar-refractivity contribution >= 4 is 11.9 Å². The molecule has 0 aliphatic carbocycles.